The van der Waals surface area contributed by atoms with Crippen molar-refractivity contribution in [3.8, 4) is 0 Å². The van der Waals surface area contributed by atoms with Crippen LogP contribution in [0.2, 0.25) is 0 Å². The number of nitrogens with one attached hydrogen (secondary N) is 2. The van der Waals surface area contributed by atoms with Crippen LogP contribution in [0, 0.1) is 0 Å². The molecule has 6 nitrogen and oxygen atoms in total. The minimum atomic E-state index is -1.16. The quantitative estimate of drug-likeness (QED) is 0.533. The molecule has 1 unspecified atom stereocenters. The molecule has 6 heteroatoms. The highest BCUT2D eigenvalue weighted by atomic mass is 16.2. The van der Waals surface area contributed by atoms with Gasteiger partial charge in [-0.2, -0.15) is 5.01 Å². The first-order valence-electron chi connectivity index (χ1n) is 9.00. The molecule has 1 aromatic carbocycles. The van der Waals surface area contributed by atoms with Crippen LogP contribution in [-0.2, 0) is 15.1 Å². The van der Waals surface area contributed by atoms with E-state index >= 15 is 0 Å². The van der Waals surface area contributed by atoms with Crippen molar-refractivity contribution in [1.29, 1.82) is 0 Å². The Bertz CT molecular complexity index is 618. The van der Waals surface area contributed by atoms with Gasteiger partial charge in [-0.15, -0.1) is 0 Å². The number of hydrogen-bond donors (Lipinski definition) is 2. The number of rotatable bonds is 9. The van der Waals surface area contributed by atoms with Gasteiger partial charge in [0.15, 0.2) is 0 Å². The highest BCUT2D eigenvalue weighted by Gasteiger charge is 2.49. The molecule has 0 radical (unpaired) electrons. The molecular formula is C19H27N3O3. The van der Waals surface area contributed by atoms with Crippen LogP contribution in [0.4, 0.5) is 4.79 Å². The van der Waals surface area contributed by atoms with E-state index in [-0.39, 0.29) is 5.91 Å². The number of carbonyl (C=O) groups is 3. The van der Waals surface area contributed by atoms with Crippen LogP contribution in [0.5, 0.6) is 0 Å². The molecule has 0 aliphatic carbocycles. The van der Waals surface area contributed by atoms with Crippen LogP contribution in [0.3, 0.4) is 0 Å². The number of benzene rings is 1. The maximum Gasteiger partial charge on any atom is 0.344 e. The van der Waals surface area contributed by atoms with Crippen molar-refractivity contribution in [2.24, 2.45) is 0 Å². The van der Waals surface area contributed by atoms with E-state index in [2.05, 4.69) is 17.7 Å². The average Bonchev–Trinajstić information content (AvgIpc) is 2.83. The van der Waals surface area contributed by atoms with Gasteiger partial charge >= 0.3 is 6.03 Å². The molecule has 1 fully saturated rings. The smallest absolute Gasteiger partial charge is 0.318 e. The molecule has 136 valence electrons. The second-order valence-corrected chi connectivity index (χ2v) is 6.61. The summed E-state index contributed by atoms with van der Waals surface area (Å²) in [5, 5.41) is 3.46. The molecule has 0 spiro atoms. The van der Waals surface area contributed by atoms with Gasteiger partial charge in [-0.25, -0.2) is 4.79 Å². The number of hydrogen-bond acceptors (Lipinski definition) is 3. The summed E-state index contributed by atoms with van der Waals surface area (Å²) in [4.78, 5) is 36.8. The molecule has 1 atom stereocenters. The fraction of sp³-hybridized carbons (Fsp3) is 0.526. The Morgan fingerprint density at radius 2 is 1.72 bits per heavy atom. The first-order chi connectivity index (χ1) is 12.0. The maximum absolute atomic E-state index is 12.6. The summed E-state index contributed by atoms with van der Waals surface area (Å²) in [6.45, 7) is 3.80. The predicted molar refractivity (Wildman–Crippen MR) is 95.3 cm³/mol. The van der Waals surface area contributed by atoms with Crippen LogP contribution in [0.1, 0.15) is 64.4 Å². The second-order valence-electron chi connectivity index (χ2n) is 6.61. The SMILES string of the molecule is CCCCCCCCC(=O)NN1C(=O)NC(C)(c2ccccc2)C1=O. The molecule has 1 aliphatic heterocycles. The lowest BCUT2D eigenvalue weighted by Gasteiger charge is -2.22. The summed E-state index contributed by atoms with van der Waals surface area (Å²) in [5.74, 6) is -0.781. The summed E-state index contributed by atoms with van der Waals surface area (Å²) in [6.07, 6.45) is 6.74. The lowest BCUT2D eigenvalue weighted by Crippen LogP contribution is -2.47. The van der Waals surface area contributed by atoms with Crippen LogP contribution in [-0.4, -0.2) is 22.9 Å². The van der Waals surface area contributed by atoms with E-state index in [9.17, 15) is 14.4 Å². The topological polar surface area (TPSA) is 78.5 Å². The van der Waals surface area contributed by atoms with Crippen molar-refractivity contribution in [3.63, 3.8) is 0 Å². The third kappa shape index (κ3) is 4.59. The standard InChI is InChI=1S/C19H27N3O3/c1-3-4-5-6-7-11-14-16(23)21-22-17(24)19(2,20-18(22)25)15-12-9-8-10-13-15/h8-10,12-13H,3-7,11,14H2,1-2H3,(H,20,25)(H,21,23). The van der Waals surface area contributed by atoms with E-state index in [1.165, 1.54) is 19.3 Å². The highest BCUT2D eigenvalue weighted by Crippen LogP contribution is 2.27. The van der Waals surface area contributed by atoms with Crippen molar-refractivity contribution in [2.45, 2.75) is 64.3 Å². The largest absolute Gasteiger partial charge is 0.344 e. The Morgan fingerprint density at radius 1 is 1.08 bits per heavy atom. The monoisotopic (exact) mass is 345 g/mol. The van der Waals surface area contributed by atoms with E-state index in [0.29, 0.717) is 12.0 Å². The number of amides is 4. The Morgan fingerprint density at radius 3 is 2.40 bits per heavy atom. The maximum atomic E-state index is 12.6. The summed E-state index contributed by atoms with van der Waals surface area (Å²) in [6, 6.07) is 8.40. The number of carbonyl (C=O) groups excluding carboxylic acids is 3. The second kappa shape index (κ2) is 8.65. The minimum absolute atomic E-state index is 0.309. The zero-order valence-electron chi connectivity index (χ0n) is 15.0. The van der Waals surface area contributed by atoms with Crippen molar-refractivity contribution < 1.29 is 14.4 Å². The number of hydrazine groups is 1. The number of nitrogens with zero attached hydrogens (tertiary/aromatic N) is 1. The Balaban J connectivity index is 1.87. The van der Waals surface area contributed by atoms with Gasteiger partial charge in [-0.1, -0.05) is 69.4 Å². The van der Waals surface area contributed by atoms with E-state index in [0.717, 1.165) is 24.3 Å². The molecule has 1 aliphatic rings. The van der Waals surface area contributed by atoms with E-state index in [1.54, 1.807) is 31.2 Å². The van der Waals surface area contributed by atoms with Gasteiger partial charge in [-0.05, 0) is 18.9 Å². The molecule has 1 aromatic rings. The van der Waals surface area contributed by atoms with Crippen molar-refractivity contribution >= 4 is 17.8 Å². The van der Waals surface area contributed by atoms with Crippen LogP contribution in [0.15, 0.2) is 30.3 Å². The van der Waals surface area contributed by atoms with Crippen LogP contribution in [0.25, 0.3) is 0 Å². The summed E-state index contributed by atoms with van der Waals surface area (Å²) >= 11 is 0. The predicted octanol–water partition coefficient (Wildman–Crippen LogP) is 3.24. The lowest BCUT2D eigenvalue weighted by molar-refractivity contribution is -0.139. The lowest BCUT2D eigenvalue weighted by atomic mass is 9.92. The fourth-order valence-electron chi connectivity index (χ4n) is 2.95. The van der Waals surface area contributed by atoms with Gasteiger partial charge in [0.1, 0.15) is 5.54 Å². The molecular weight excluding hydrogens is 318 g/mol. The normalized spacial score (nSPS) is 19.8. The van der Waals surface area contributed by atoms with Gasteiger partial charge < -0.3 is 5.32 Å². The summed E-state index contributed by atoms with van der Waals surface area (Å²) < 4.78 is 0. The molecule has 2 N–H and O–H groups in total. The Hall–Kier alpha value is -2.37. The van der Waals surface area contributed by atoms with Crippen molar-refractivity contribution in [1.82, 2.24) is 15.8 Å². The molecule has 25 heavy (non-hydrogen) atoms. The number of unbranched alkanes of at least 4 members (excludes halogenated alkanes) is 5. The van der Waals surface area contributed by atoms with Gasteiger partial charge in [0.25, 0.3) is 5.91 Å². The first kappa shape index (κ1) is 19.0. The van der Waals surface area contributed by atoms with Crippen LogP contribution >= 0.6 is 0 Å². The first-order valence-corrected chi connectivity index (χ1v) is 9.00. The molecule has 0 saturated carbocycles. The molecule has 4 amide bonds. The third-order valence-electron chi connectivity index (χ3n) is 4.54. The summed E-state index contributed by atoms with van der Waals surface area (Å²) in [7, 11) is 0. The molecule has 2 rings (SSSR count). The molecule has 1 heterocycles. The molecule has 1 saturated heterocycles. The van der Waals surface area contributed by atoms with E-state index in [4.69, 9.17) is 0 Å². The summed E-state index contributed by atoms with van der Waals surface area (Å²) in [5.41, 5.74) is 1.96. The average molecular weight is 345 g/mol. The third-order valence-corrected chi connectivity index (χ3v) is 4.54. The molecule has 0 aromatic heterocycles. The van der Waals surface area contributed by atoms with Gasteiger partial charge in [0.2, 0.25) is 5.91 Å². The van der Waals surface area contributed by atoms with Gasteiger partial charge in [0, 0.05) is 6.42 Å². The highest BCUT2D eigenvalue weighted by molar-refractivity contribution is 6.08. The fourth-order valence-corrected chi connectivity index (χ4v) is 2.95. The Kier molecular flexibility index (Phi) is 6.56. The van der Waals surface area contributed by atoms with Crippen LogP contribution < -0.4 is 10.7 Å². The van der Waals surface area contributed by atoms with E-state index in [1.807, 2.05) is 6.07 Å². The zero-order valence-corrected chi connectivity index (χ0v) is 15.0. The van der Waals surface area contributed by atoms with Crippen molar-refractivity contribution in [2.75, 3.05) is 0 Å². The van der Waals surface area contributed by atoms with Crippen molar-refractivity contribution in [3.05, 3.63) is 35.9 Å². The van der Waals surface area contributed by atoms with Gasteiger partial charge in [0.05, 0.1) is 0 Å². The number of urea groups is 1. The zero-order chi connectivity index (χ0) is 18.3. The van der Waals surface area contributed by atoms with E-state index < -0.39 is 17.5 Å². The minimum Gasteiger partial charge on any atom is -0.318 e. The molecule has 0 bridgehead atoms. The number of imide groups is 1. The van der Waals surface area contributed by atoms with Gasteiger partial charge in [-0.3, -0.25) is 15.0 Å². The Labute approximate surface area is 148 Å².